The summed E-state index contributed by atoms with van der Waals surface area (Å²) in [5.41, 5.74) is 0. The summed E-state index contributed by atoms with van der Waals surface area (Å²) in [7, 11) is 0. The molecule has 7 heavy (non-hydrogen) atoms. The van der Waals surface area contributed by atoms with E-state index in [1.165, 1.54) is 0 Å². The van der Waals surface area contributed by atoms with Crippen LogP contribution in [0.3, 0.4) is 0 Å². The van der Waals surface area contributed by atoms with Gasteiger partial charge >= 0.3 is 5.88 Å². The van der Waals surface area contributed by atoms with Crippen molar-refractivity contribution in [1.82, 2.24) is 0 Å². The van der Waals surface area contributed by atoms with Crippen molar-refractivity contribution in [3.05, 3.63) is 11.4 Å². The summed E-state index contributed by atoms with van der Waals surface area (Å²) < 4.78 is 32.8. The van der Waals surface area contributed by atoms with E-state index in [2.05, 4.69) is 4.85 Å². The number of rotatable bonds is 1. The Kier molecular flexibility index (Phi) is 1.96. The maximum Gasteiger partial charge on any atom is 0.321 e. The smallest absolute Gasteiger partial charge is 0.299 e. The first-order valence-electron chi connectivity index (χ1n) is 1.29. The second-order valence-electron chi connectivity index (χ2n) is 0.790. The number of hydrogen-bond donors (Lipinski definition) is 0. The molecule has 0 saturated carbocycles. The summed E-state index contributed by atoms with van der Waals surface area (Å²) >= 11 is -5.03. The van der Waals surface area contributed by atoms with E-state index >= 15 is 0 Å². The third-order valence-electron chi connectivity index (χ3n) is 0.211. The summed E-state index contributed by atoms with van der Waals surface area (Å²) in [6.07, 6.45) is 0. The molecule has 0 aromatic heterocycles. The van der Waals surface area contributed by atoms with Crippen LogP contribution in [0.4, 0.5) is 11.7 Å². The fourth-order valence-electron chi connectivity index (χ4n) is 0.0732. The van der Waals surface area contributed by atoms with Gasteiger partial charge in [-0.2, -0.15) is 0 Å². The molecule has 0 atom stereocenters. The molecule has 0 spiro atoms. The second kappa shape index (κ2) is 2.07. The van der Waals surface area contributed by atoms with E-state index in [4.69, 9.17) is 6.57 Å². The van der Waals surface area contributed by atoms with Crippen molar-refractivity contribution in [2.45, 2.75) is 0 Å². The van der Waals surface area contributed by atoms with Gasteiger partial charge in [-0.25, -0.2) is 6.57 Å². The van der Waals surface area contributed by atoms with Crippen molar-refractivity contribution in [2.75, 3.05) is 5.88 Å². The van der Waals surface area contributed by atoms with E-state index in [1.807, 2.05) is 0 Å². The highest BCUT2D eigenvalue weighted by Gasteiger charge is 2.23. The van der Waals surface area contributed by atoms with Gasteiger partial charge in [-0.15, -0.1) is 11.7 Å². The quantitative estimate of drug-likeness (QED) is 0.478. The average molecular weight is 129 g/mol. The monoisotopic (exact) mass is 129 g/mol. The molecule has 0 aliphatic heterocycles. The van der Waals surface area contributed by atoms with Crippen molar-refractivity contribution < 1.29 is 11.7 Å². The van der Waals surface area contributed by atoms with Crippen molar-refractivity contribution in [3.8, 4) is 0 Å². The zero-order valence-corrected chi connectivity index (χ0v) is 4.01. The highest BCUT2D eigenvalue weighted by Crippen LogP contribution is 2.52. The van der Waals surface area contributed by atoms with Gasteiger partial charge in [0, 0.05) is 0 Å². The fraction of sp³-hybridized carbons (Fsp3) is 0.500. The number of nitrogens with zero attached hydrogens (tertiary/aromatic N) is 1. The molecule has 0 amide bonds. The van der Waals surface area contributed by atoms with E-state index in [0.717, 1.165) is 0 Å². The Bertz CT molecular complexity index is 90.1. The summed E-state index contributed by atoms with van der Waals surface area (Å²) in [6.45, 7) is 5.78. The Morgan fingerprint density at radius 2 is 1.86 bits per heavy atom. The molecular weight excluding hydrogens is 127 g/mol. The minimum Gasteiger partial charge on any atom is -0.299 e. The molecular formula is C2H2F3NS. The van der Waals surface area contributed by atoms with Gasteiger partial charge in [0.1, 0.15) is 0 Å². The van der Waals surface area contributed by atoms with Gasteiger partial charge in [0.2, 0.25) is 0 Å². The average Bonchev–Trinajstić information content (AvgIpc) is 1.30. The van der Waals surface area contributed by atoms with Crippen LogP contribution in [-0.2, 0) is 0 Å². The van der Waals surface area contributed by atoms with Crippen molar-refractivity contribution in [2.24, 2.45) is 0 Å². The van der Waals surface area contributed by atoms with Crippen LogP contribution in [0.1, 0.15) is 0 Å². The van der Waals surface area contributed by atoms with Crippen molar-refractivity contribution in [1.29, 1.82) is 0 Å². The van der Waals surface area contributed by atoms with Crippen LogP contribution in [0.5, 0.6) is 0 Å². The van der Waals surface area contributed by atoms with Gasteiger partial charge in [0.05, 0.1) is 0 Å². The lowest BCUT2D eigenvalue weighted by Gasteiger charge is -1.96. The third-order valence-corrected chi connectivity index (χ3v) is 0.633. The summed E-state index contributed by atoms with van der Waals surface area (Å²) in [4.78, 5) is 2.17. The summed E-state index contributed by atoms with van der Waals surface area (Å²) in [6, 6.07) is 0. The second-order valence-corrected chi connectivity index (χ2v) is 2.05. The van der Waals surface area contributed by atoms with E-state index in [9.17, 15) is 11.7 Å². The molecule has 0 aromatic rings. The zero-order valence-electron chi connectivity index (χ0n) is 3.20. The van der Waals surface area contributed by atoms with Crippen molar-refractivity contribution >= 4 is 11.2 Å². The van der Waals surface area contributed by atoms with Crippen LogP contribution >= 0.6 is 11.2 Å². The predicted octanol–water partition coefficient (Wildman–Crippen LogP) is 2.32. The number of halogens is 3. The van der Waals surface area contributed by atoms with E-state index in [-0.39, 0.29) is 0 Å². The molecule has 0 saturated heterocycles. The van der Waals surface area contributed by atoms with Crippen LogP contribution in [0.15, 0.2) is 0 Å². The lowest BCUT2D eigenvalue weighted by molar-refractivity contribution is 0.640. The molecule has 42 valence electrons. The lowest BCUT2D eigenvalue weighted by atomic mass is 11.5. The molecule has 0 bridgehead atoms. The van der Waals surface area contributed by atoms with Crippen LogP contribution < -0.4 is 0 Å². The molecule has 0 fully saturated rings. The first kappa shape index (κ1) is 6.63. The zero-order chi connectivity index (χ0) is 5.91. The standard InChI is InChI=1S/C2H2F3NS/c1-6-2-7(3,4)5/h2H2. The molecule has 0 unspecified atom stereocenters. The predicted molar refractivity (Wildman–Crippen MR) is 22.4 cm³/mol. The van der Waals surface area contributed by atoms with Crippen LogP contribution in [0, 0.1) is 6.57 Å². The van der Waals surface area contributed by atoms with Gasteiger partial charge in [-0.3, -0.25) is 4.85 Å². The molecule has 0 N–H and O–H groups in total. The molecule has 0 rings (SSSR count). The van der Waals surface area contributed by atoms with E-state index < -0.39 is 17.1 Å². The lowest BCUT2D eigenvalue weighted by Crippen LogP contribution is -1.74. The largest absolute Gasteiger partial charge is 0.321 e. The normalized spacial score (nSPS) is 12.9. The highest BCUT2D eigenvalue weighted by molar-refractivity contribution is 8.20. The van der Waals surface area contributed by atoms with Crippen molar-refractivity contribution in [3.63, 3.8) is 0 Å². The first-order valence-corrected chi connectivity index (χ1v) is 2.79. The Balaban J connectivity index is 3.40. The van der Waals surface area contributed by atoms with Crippen LogP contribution in [-0.4, -0.2) is 5.88 Å². The van der Waals surface area contributed by atoms with E-state index in [1.54, 1.807) is 0 Å². The molecule has 0 aliphatic rings. The van der Waals surface area contributed by atoms with Crippen LogP contribution in [0.2, 0.25) is 0 Å². The molecule has 5 heteroatoms. The van der Waals surface area contributed by atoms with Gasteiger partial charge in [-0.05, 0) is 0 Å². The molecule has 0 heterocycles. The van der Waals surface area contributed by atoms with Crippen LogP contribution in [0.25, 0.3) is 4.85 Å². The Morgan fingerprint density at radius 3 is 1.86 bits per heavy atom. The molecule has 0 aliphatic carbocycles. The minimum atomic E-state index is -5.03. The minimum absolute atomic E-state index is 1.28. The summed E-state index contributed by atoms with van der Waals surface area (Å²) in [5.74, 6) is -1.28. The van der Waals surface area contributed by atoms with Gasteiger partial charge in [0.25, 0.3) is 11.2 Å². The maximum absolute atomic E-state index is 10.9. The highest BCUT2D eigenvalue weighted by atomic mass is 32.3. The van der Waals surface area contributed by atoms with E-state index in [0.29, 0.717) is 0 Å². The fourth-order valence-corrected chi connectivity index (χ4v) is 0.220. The third kappa shape index (κ3) is 5.63. The Hall–Kier alpha value is -0.370. The Labute approximate surface area is 41.1 Å². The van der Waals surface area contributed by atoms with Gasteiger partial charge < -0.3 is 0 Å². The number of hydrogen-bond acceptors (Lipinski definition) is 0. The first-order chi connectivity index (χ1) is 3.06. The maximum atomic E-state index is 10.9. The van der Waals surface area contributed by atoms with Gasteiger partial charge in [-0.1, -0.05) is 0 Å². The molecule has 0 radical (unpaired) electrons. The Morgan fingerprint density at radius 1 is 1.43 bits per heavy atom. The topological polar surface area (TPSA) is 4.36 Å². The molecule has 0 aromatic carbocycles. The molecule has 1 nitrogen and oxygen atoms in total. The SMILES string of the molecule is [C-]#[N+]CS(F)(F)F. The summed E-state index contributed by atoms with van der Waals surface area (Å²) in [5, 5.41) is 0. The van der Waals surface area contributed by atoms with Gasteiger partial charge in [0.15, 0.2) is 0 Å².